The first-order valence-electron chi connectivity index (χ1n) is 8.37. The van der Waals surface area contributed by atoms with Crippen LogP contribution in [0.1, 0.15) is 18.4 Å². The van der Waals surface area contributed by atoms with Crippen LogP contribution < -0.4 is 5.32 Å². The van der Waals surface area contributed by atoms with Gasteiger partial charge >= 0.3 is 0 Å². The molecule has 5 nitrogen and oxygen atoms in total. The summed E-state index contributed by atoms with van der Waals surface area (Å²) in [5.74, 6) is -0.208. The molecule has 2 saturated heterocycles. The first-order valence-corrected chi connectivity index (χ1v) is 9.98. The maximum atomic E-state index is 13.0. The van der Waals surface area contributed by atoms with Crippen LogP contribution in [0.4, 0.5) is 4.39 Å². The number of sulfonamides is 1. The Hall–Kier alpha value is -0.730. The molecule has 0 radical (unpaired) electrons. The molecule has 0 amide bonds. The SMILES string of the molecule is COCC1CN(S(=O)(=O)Cc2ccc(F)cc2)CC12CCNCC2.Cl. The van der Waals surface area contributed by atoms with E-state index in [2.05, 4.69) is 5.32 Å². The van der Waals surface area contributed by atoms with E-state index in [9.17, 15) is 12.8 Å². The van der Waals surface area contributed by atoms with Gasteiger partial charge < -0.3 is 10.1 Å². The van der Waals surface area contributed by atoms with E-state index in [1.54, 1.807) is 11.4 Å². The third kappa shape index (κ3) is 4.52. The zero-order valence-electron chi connectivity index (χ0n) is 14.4. The number of hydrogen-bond acceptors (Lipinski definition) is 4. The minimum Gasteiger partial charge on any atom is -0.384 e. The molecule has 1 aromatic carbocycles. The molecule has 2 heterocycles. The van der Waals surface area contributed by atoms with Gasteiger partial charge in [-0.25, -0.2) is 17.1 Å². The molecule has 8 heteroatoms. The lowest BCUT2D eigenvalue weighted by Crippen LogP contribution is -2.43. The van der Waals surface area contributed by atoms with Crippen LogP contribution in [0.15, 0.2) is 24.3 Å². The van der Waals surface area contributed by atoms with Crippen LogP contribution in [-0.4, -0.2) is 52.6 Å². The molecule has 1 N–H and O–H groups in total. The van der Waals surface area contributed by atoms with Crippen LogP contribution in [0.3, 0.4) is 0 Å². The minimum atomic E-state index is -3.42. The van der Waals surface area contributed by atoms with Crippen LogP contribution in [0.5, 0.6) is 0 Å². The Kier molecular flexibility index (Phi) is 6.84. The lowest BCUT2D eigenvalue weighted by atomic mass is 9.71. The minimum absolute atomic E-state index is 0. The Labute approximate surface area is 155 Å². The van der Waals surface area contributed by atoms with Gasteiger partial charge in [0.2, 0.25) is 10.0 Å². The second-order valence-electron chi connectivity index (χ2n) is 6.94. The van der Waals surface area contributed by atoms with Gasteiger partial charge in [-0.2, -0.15) is 0 Å². The monoisotopic (exact) mass is 392 g/mol. The number of piperidine rings is 1. The Bertz CT molecular complexity index is 663. The number of ether oxygens (including phenoxy) is 1. The molecule has 2 aliphatic rings. The van der Waals surface area contributed by atoms with E-state index in [-0.39, 0.29) is 35.3 Å². The molecule has 2 fully saturated rings. The normalized spacial score (nSPS) is 23.5. The lowest BCUT2D eigenvalue weighted by Gasteiger charge is -2.38. The van der Waals surface area contributed by atoms with Crippen molar-refractivity contribution in [2.45, 2.75) is 18.6 Å². The maximum absolute atomic E-state index is 13.0. The molecule has 3 rings (SSSR count). The summed E-state index contributed by atoms with van der Waals surface area (Å²) >= 11 is 0. The zero-order valence-corrected chi connectivity index (χ0v) is 16.0. The average molecular weight is 393 g/mol. The van der Waals surface area contributed by atoms with Gasteiger partial charge in [-0.1, -0.05) is 12.1 Å². The van der Waals surface area contributed by atoms with Gasteiger partial charge in [0.05, 0.1) is 12.4 Å². The molecular formula is C17H26ClFN2O3S. The summed E-state index contributed by atoms with van der Waals surface area (Å²) in [5, 5.41) is 3.35. The number of benzene rings is 1. The summed E-state index contributed by atoms with van der Waals surface area (Å²) in [6, 6.07) is 5.68. The van der Waals surface area contributed by atoms with Crippen LogP contribution >= 0.6 is 12.4 Å². The van der Waals surface area contributed by atoms with E-state index in [1.165, 1.54) is 24.3 Å². The summed E-state index contributed by atoms with van der Waals surface area (Å²) < 4.78 is 45.7. The molecule has 0 bridgehead atoms. The van der Waals surface area contributed by atoms with Crippen LogP contribution in [0.2, 0.25) is 0 Å². The number of methoxy groups -OCH3 is 1. The number of halogens is 2. The maximum Gasteiger partial charge on any atom is 0.218 e. The van der Waals surface area contributed by atoms with Crippen molar-refractivity contribution in [1.82, 2.24) is 9.62 Å². The Morgan fingerprint density at radius 2 is 1.92 bits per heavy atom. The lowest BCUT2D eigenvalue weighted by molar-refractivity contribution is 0.0718. The number of nitrogens with one attached hydrogen (secondary N) is 1. The van der Waals surface area contributed by atoms with Crippen LogP contribution in [0.25, 0.3) is 0 Å². The summed E-state index contributed by atoms with van der Waals surface area (Å²) in [7, 11) is -1.75. The molecule has 1 atom stereocenters. The predicted octanol–water partition coefficient (Wildman–Crippen LogP) is 2.03. The molecule has 142 valence electrons. The van der Waals surface area contributed by atoms with E-state index in [0.717, 1.165) is 25.9 Å². The smallest absolute Gasteiger partial charge is 0.218 e. The molecule has 0 aromatic heterocycles. The predicted molar refractivity (Wildman–Crippen MR) is 97.7 cm³/mol. The van der Waals surface area contributed by atoms with Crippen molar-refractivity contribution >= 4 is 22.4 Å². The second kappa shape index (κ2) is 8.31. The van der Waals surface area contributed by atoms with Crippen LogP contribution in [-0.2, 0) is 20.5 Å². The molecular weight excluding hydrogens is 367 g/mol. The van der Waals surface area contributed by atoms with Crippen molar-refractivity contribution in [2.24, 2.45) is 11.3 Å². The standard InChI is InChI=1S/C17H25FN2O3S.ClH/c1-23-11-15-10-20(13-17(15)6-8-19-9-7-17)24(21,22)12-14-2-4-16(18)5-3-14;/h2-5,15,19H,6-13H2,1H3;1H. The highest BCUT2D eigenvalue weighted by atomic mass is 35.5. The van der Waals surface area contributed by atoms with Gasteiger partial charge in [0.15, 0.2) is 0 Å². The summed E-state index contributed by atoms with van der Waals surface area (Å²) in [5.41, 5.74) is 0.628. The summed E-state index contributed by atoms with van der Waals surface area (Å²) in [6.45, 7) is 3.50. The van der Waals surface area contributed by atoms with Crippen molar-refractivity contribution in [3.8, 4) is 0 Å². The molecule has 1 aromatic rings. The zero-order chi connectivity index (χ0) is 17.2. The van der Waals surface area contributed by atoms with Crippen molar-refractivity contribution < 1.29 is 17.5 Å². The fourth-order valence-corrected chi connectivity index (χ4v) is 5.66. The molecule has 0 aliphatic carbocycles. The van der Waals surface area contributed by atoms with Gasteiger partial charge in [-0.05, 0) is 49.0 Å². The quantitative estimate of drug-likeness (QED) is 0.832. The number of hydrogen-bond donors (Lipinski definition) is 1. The highest BCUT2D eigenvalue weighted by molar-refractivity contribution is 7.88. The highest BCUT2D eigenvalue weighted by Crippen LogP contribution is 2.44. The first-order chi connectivity index (χ1) is 11.5. The van der Waals surface area contributed by atoms with Gasteiger partial charge in [0.1, 0.15) is 5.82 Å². The fraction of sp³-hybridized carbons (Fsp3) is 0.647. The Morgan fingerprint density at radius 3 is 2.52 bits per heavy atom. The third-order valence-electron chi connectivity index (χ3n) is 5.40. The average Bonchev–Trinajstić information content (AvgIpc) is 2.90. The first kappa shape index (κ1) is 20.6. The molecule has 1 spiro atoms. The van der Waals surface area contributed by atoms with Crippen molar-refractivity contribution in [2.75, 3.05) is 39.9 Å². The van der Waals surface area contributed by atoms with Crippen molar-refractivity contribution in [3.63, 3.8) is 0 Å². The van der Waals surface area contributed by atoms with Gasteiger partial charge in [0.25, 0.3) is 0 Å². The summed E-state index contributed by atoms with van der Waals surface area (Å²) in [4.78, 5) is 0. The largest absolute Gasteiger partial charge is 0.384 e. The van der Waals surface area contributed by atoms with E-state index >= 15 is 0 Å². The van der Waals surface area contributed by atoms with Gasteiger partial charge in [-0.3, -0.25) is 0 Å². The number of rotatable bonds is 5. The Morgan fingerprint density at radius 1 is 1.28 bits per heavy atom. The van der Waals surface area contributed by atoms with E-state index in [1.807, 2.05) is 0 Å². The third-order valence-corrected chi connectivity index (χ3v) is 7.17. The Balaban J connectivity index is 0.00000225. The van der Waals surface area contributed by atoms with E-state index in [0.29, 0.717) is 25.3 Å². The van der Waals surface area contributed by atoms with Gasteiger partial charge in [-0.15, -0.1) is 12.4 Å². The molecule has 0 saturated carbocycles. The molecule has 1 unspecified atom stereocenters. The molecule has 2 aliphatic heterocycles. The van der Waals surface area contributed by atoms with E-state index < -0.39 is 10.0 Å². The molecule has 25 heavy (non-hydrogen) atoms. The topological polar surface area (TPSA) is 58.6 Å². The fourth-order valence-electron chi connectivity index (χ4n) is 4.00. The van der Waals surface area contributed by atoms with Gasteiger partial charge in [0, 0.05) is 26.1 Å². The number of nitrogens with zero attached hydrogens (tertiary/aromatic N) is 1. The highest BCUT2D eigenvalue weighted by Gasteiger charge is 2.49. The van der Waals surface area contributed by atoms with Crippen molar-refractivity contribution in [3.05, 3.63) is 35.6 Å². The second-order valence-corrected chi connectivity index (χ2v) is 8.91. The van der Waals surface area contributed by atoms with Crippen molar-refractivity contribution in [1.29, 1.82) is 0 Å². The van der Waals surface area contributed by atoms with E-state index in [4.69, 9.17) is 4.74 Å². The summed E-state index contributed by atoms with van der Waals surface area (Å²) in [6.07, 6.45) is 1.95. The van der Waals surface area contributed by atoms with Crippen LogP contribution in [0, 0.1) is 17.2 Å².